The SMILES string of the molecule is COc1c(CN(C)C)cccc1C1CCCNC1. The van der Waals surface area contributed by atoms with Crippen molar-refractivity contribution in [3.63, 3.8) is 0 Å². The molecule has 1 fully saturated rings. The van der Waals surface area contributed by atoms with Crippen LogP contribution in [0.15, 0.2) is 18.2 Å². The minimum absolute atomic E-state index is 0.593. The third-order valence-corrected chi connectivity index (χ3v) is 3.55. The van der Waals surface area contributed by atoms with Gasteiger partial charge in [0.2, 0.25) is 0 Å². The number of hydrogen-bond acceptors (Lipinski definition) is 3. The highest BCUT2D eigenvalue weighted by Crippen LogP contribution is 2.34. The topological polar surface area (TPSA) is 24.5 Å². The number of methoxy groups -OCH3 is 1. The lowest BCUT2D eigenvalue weighted by molar-refractivity contribution is 0.362. The Morgan fingerprint density at radius 1 is 1.39 bits per heavy atom. The molecule has 0 aliphatic carbocycles. The number of nitrogens with one attached hydrogen (secondary N) is 1. The maximum atomic E-state index is 5.68. The summed E-state index contributed by atoms with van der Waals surface area (Å²) in [7, 11) is 5.97. The van der Waals surface area contributed by atoms with Crippen molar-refractivity contribution in [1.29, 1.82) is 0 Å². The van der Waals surface area contributed by atoms with Crippen molar-refractivity contribution in [2.24, 2.45) is 0 Å². The number of para-hydroxylation sites is 1. The van der Waals surface area contributed by atoms with Crippen LogP contribution in [0.4, 0.5) is 0 Å². The van der Waals surface area contributed by atoms with Gasteiger partial charge in [-0.15, -0.1) is 0 Å². The Balaban J connectivity index is 2.28. The minimum Gasteiger partial charge on any atom is -0.496 e. The van der Waals surface area contributed by atoms with Crippen LogP contribution in [0.2, 0.25) is 0 Å². The smallest absolute Gasteiger partial charge is 0.126 e. The van der Waals surface area contributed by atoms with Crippen molar-refractivity contribution in [3.05, 3.63) is 29.3 Å². The quantitative estimate of drug-likeness (QED) is 0.884. The summed E-state index contributed by atoms with van der Waals surface area (Å²) in [6.07, 6.45) is 2.51. The zero-order valence-electron chi connectivity index (χ0n) is 11.7. The molecule has 2 rings (SSSR count). The molecule has 1 aliphatic rings. The maximum absolute atomic E-state index is 5.68. The first-order chi connectivity index (χ1) is 8.72. The van der Waals surface area contributed by atoms with Crippen molar-refractivity contribution in [2.45, 2.75) is 25.3 Å². The molecule has 1 saturated heterocycles. The highest BCUT2D eigenvalue weighted by atomic mass is 16.5. The van der Waals surface area contributed by atoms with Crippen molar-refractivity contribution in [2.75, 3.05) is 34.3 Å². The van der Waals surface area contributed by atoms with Gasteiger partial charge in [-0.1, -0.05) is 18.2 Å². The number of piperidine rings is 1. The van der Waals surface area contributed by atoms with Gasteiger partial charge >= 0.3 is 0 Å². The standard InChI is InChI=1S/C15H24N2O/c1-17(2)11-13-6-4-8-14(15(13)18-3)12-7-5-9-16-10-12/h4,6,8,12,16H,5,7,9-11H2,1-3H3. The van der Waals surface area contributed by atoms with Crippen LogP contribution in [0.3, 0.4) is 0 Å². The first-order valence-corrected chi connectivity index (χ1v) is 6.73. The summed E-state index contributed by atoms with van der Waals surface area (Å²) in [4.78, 5) is 2.18. The van der Waals surface area contributed by atoms with Crippen LogP contribution in [-0.4, -0.2) is 39.2 Å². The lowest BCUT2D eigenvalue weighted by Crippen LogP contribution is -2.28. The van der Waals surface area contributed by atoms with Crippen LogP contribution in [0.1, 0.15) is 29.9 Å². The van der Waals surface area contributed by atoms with Gasteiger partial charge in [0.05, 0.1) is 7.11 Å². The van der Waals surface area contributed by atoms with Gasteiger partial charge in [-0.05, 0) is 39.0 Å². The van der Waals surface area contributed by atoms with Gasteiger partial charge in [-0.3, -0.25) is 0 Å². The van der Waals surface area contributed by atoms with E-state index in [2.05, 4.69) is 42.5 Å². The fourth-order valence-electron chi connectivity index (χ4n) is 2.76. The summed E-state index contributed by atoms with van der Waals surface area (Å²) in [6.45, 7) is 3.15. The van der Waals surface area contributed by atoms with Gasteiger partial charge in [-0.2, -0.15) is 0 Å². The van der Waals surface area contributed by atoms with Crippen LogP contribution in [-0.2, 0) is 6.54 Å². The molecule has 1 aromatic carbocycles. The average Bonchev–Trinajstić information content (AvgIpc) is 2.39. The van der Waals surface area contributed by atoms with E-state index in [0.29, 0.717) is 5.92 Å². The largest absolute Gasteiger partial charge is 0.496 e. The molecule has 18 heavy (non-hydrogen) atoms. The second-order valence-electron chi connectivity index (χ2n) is 5.32. The molecule has 1 aliphatic heterocycles. The van der Waals surface area contributed by atoms with Gasteiger partial charge in [0.1, 0.15) is 5.75 Å². The summed E-state index contributed by atoms with van der Waals surface area (Å²) >= 11 is 0. The highest BCUT2D eigenvalue weighted by Gasteiger charge is 2.20. The monoisotopic (exact) mass is 248 g/mol. The van der Waals surface area contributed by atoms with E-state index in [1.807, 2.05) is 0 Å². The molecule has 1 unspecified atom stereocenters. The van der Waals surface area contributed by atoms with E-state index in [1.54, 1.807) is 7.11 Å². The van der Waals surface area contributed by atoms with E-state index in [0.717, 1.165) is 25.4 Å². The fourth-order valence-corrected chi connectivity index (χ4v) is 2.76. The average molecular weight is 248 g/mol. The van der Waals surface area contributed by atoms with E-state index >= 15 is 0 Å². The van der Waals surface area contributed by atoms with Crippen LogP contribution in [0, 0.1) is 0 Å². The lowest BCUT2D eigenvalue weighted by Gasteiger charge is -2.26. The van der Waals surface area contributed by atoms with Gasteiger partial charge in [0.15, 0.2) is 0 Å². The Morgan fingerprint density at radius 2 is 2.22 bits per heavy atom. The van der Waals surface area contributed by atoms with Crippen LogP contribution in [0.25, 0.3) is 0 Å². The molecule has 0 radical (unpaired) electrons. The molecule has 0 aromatic heterocycles. The van der Waals surface area contributed by atoms with Crippen molar-refractivity contribution < 1.29 is 4.74 Å². The lowest BCUT2D eigenvalue weighted by atomic mass is 9.89. The molecule has 0 amide bonds. The van der Waals surface area contributed by atoms with Crippen LogP contribution < -0.4 is 10.1 Å². The molecule has 1 aromatic rings. The number of benzene rings is 1. The Bertz CT molecular complexity index is 384. The second kappa shape index (κ2) is 6.21. The summed E-state index contributed by atoms with van der Waals surface area (Å²) in [5.74, 6) is 1.68. The molecule has 1 N–H and O–H groups in total. The first kappa shape index (κ1) is 13.4. The normalized spacial score (nSPS) is 20.1. The van der Waals surface area contributed by atoms with E-state index < -0.39 is 0 Å². The van der Waals surface area contributed by atoms with Crippen molar-refractivity contribution in [3.8, 4) is 5.75 Å². The molecule has 3 heteroatoms. The third-order valence-electron chi connectivity index (χ3n) is 3.55. The van der Waals surface area contributed by atoms with Crippen molar-refractivity contribution in [1.82, 2.24) is 10.2 Å². The van der Waals surface area contributed by atoms with Crippen LogP contribution >= 0.6 is 0 Å². The van der Waals surface area contributed by atoms with Gasteiger partial charge < -0.3 is 15.0 Å². The Kier molecular flexibility index (Phi) is 4.61. The summed E-state index contributed by atoms with van der Waals surface area (Å²) in [5.41, 5.74) is 2.65. The summed E-state index contributed by atoms with van der Waals surface area (Å²) < 4.78 is 5.68. The summed E-state index contributed by atoms with van der Waals surface area (Å²) in [5, 5.41) is 3.48. The Morgan fingerprint density at radius 3 is 2.83 bits per heavy atom. The Hall–Kier alpha value is -1.06. The summed E-state index contributed by atoms with van der Waals surface area (Å²) in [6, 6.07) is 6.54. The molecular weight excluding hydrogens is 224 g/mol. The van der Waals surface area contributed by atoms with E-state index in [9.17, 15) is 0 Å². The van der Waals surface area contributed by atoms with E-state index in [4.69, 9.17) is 4.74 Å². The second-order valence-corrected chi connectivity index (χ2v) is 5.32. The number of hydrogen-bond donors (Lipinski definition) is 1. The zero-order valence-corrected chi connectivity index (χ0v) is 11.7. The molecule has 0 spiro atoms. The predicted octanol–water partition coefficient (Wildman–Crippen LogP) is 2.22. The molecule has 100 valence electrons. The molecule has 1 heterocycles. The predicted molar refractivity (Wildman–Crippen MR) is 75.2 cm³/mol. The molecule has 1 atom stereocenters. The fraction of sp³-hybridized carbons (Fsp3) is 0.600. The molecule has 0 saturated carbocycles. The van der Waals surface area contributed by atoms with Crippen molar-refractivity contribution >= 4 is 0 Å². The van der Waals surface area contributed by atoms with Crippen LogP contribution in [0.5, 0.6) is 5.75 Å². The zero-order chi connectivity index (χ0) is 13.0. The molecule has 3 nitrogen and oxygen atoms in total. The number of ether oxygens (including phenoxy) is 1. The maximum Gasteiger partial charge on any atom is 0.126 e. The highest BCUT2D eigenvalue weighted by molar-refractivity contribution is 5.44. The van der Waals surface area contributed by atoms with E-state index in [1.165, 1.54) is 24.0 Å². The number of nitrogens with zero attached hydrogens (tertiary/aromatic N) is 1. The minimum atomic E-state index is 0.593. The molecule has 0 bridgehead atoms. The van der Waals surface area contributed by atoms with Gasteiger partial charge in [0.25, 0.3) is 0 Å². The van der Waals surface area contributed by atoms with E-state index in [-0.39, 0.29) is 0 Å². The van der Waals surface area contributed by atoms with Gasteiger partial charge in [0, 0.05) is 24.6 Å². The Labute approximate surface area is 110 Å². The first-order valence-electron chi connectivity index (χ1n) is 6.73. The molecular formula is C15H24N2O. The van der Waals surface area contributed by atoms with Gasteiger partial charge in [-0.25, -0.2) is 0 Å². The number of rotatable bonds is 4. The third kappa shape index (κ3) is 3.03.